The molecule has 0 unspecified atom stereocenters. The number of benzene rings is 2. The lowest BCUT2D eigenvalue weighted by Crippen LogP contribution is -2.18. The van der Waals surface area contributed by atoms with Gasteiger partial charge >= 0.3 is 0 Å². The third-order valence-electron chi connectivity index (χ3n) is 3.17. The number of hydrogen-bond acceptors (Lipinski definition) is 3. The van der Waals surface area contributed by atoms with Crippen LogP contribution in [0, 0.1) is 0 Å². The number of anilines is 3. The lowest BCUT2D eigenvalue weighted by molar-refractivity contribution is 0.102. The number of amides is 1. The molecule has 0 aromatic heterocycles. The van der Waals surface area contributed by atoms with Crippen LogP contribution < -0.4 is 15.5 Å². The number of carbonyl (C=O) groups excluding carboxylic acids is 1. The van der Waals surface area contributed by atoms with Crippen LogP contribution in [0.4, 0.5) is 17.1 Å². The largest absolute Gasteiger partial charge is 0.385 e. The highest BCUT2D eigenvalue weighted by Crippen LogP contribution is 2.25. The lowest BCUT2D eigenvalue weighted by Gasteiger charge is -2.18. The van der Waals surface area contributed by atoms with Crippen molar-refractivity contribution < 1.29 is 4.79 Å². The Hall–Kier alpha value is -2.49. The molecule has 4 heteroatoms. The molecule has 0 fully saturated rings. The Morgan fingerprint density at radius 3 is 2.29 bits per heavy atom. The van der Waals surface area contributed by atoms with Gasteiger partial charge in [-0.05, 0) is 31.2 Å². The summed E-state index contributed by atoms with van der Waals surface area (Å²) in [5.74, 6) is -0.110. The summed E-state index contributed by atoms with van der Waals surface area (Å²) in [5.41, 5.74) is 3.28. The van der Waals surface area contributed by atoms with E-state index < -0.39 is 0 Å². The van der Waals surface area contributed by atoms with E-state index in [4.69, 9.17) is 0 Å². The first-order chi connectivity index (χ1) is 10.1. The SMILES string of the molecule is CCNc1ccccc1C(=O)Nc1ccccc1N(C)C. The van der Waals surface area contributed by atoms with Crippen LogP contribution in [0.3, 0.4) is 0 Å². The van der Waals surface area contributed by atoms with Crippen LogP contribution in [0.5, 0.6) is 0 Å². The van der Waals surface area contributed by atoms with Gasteiger partial charge in [-0.2, -0.15) is 0 Å². The van der Waals surface area contributed by atoms with Crippen molar-refractivity contribution in [3.63, 3.8) is 0 Å². The summed E-state index contributed by atoms with van der Waals surface area (Å²) in [6.45, 7) is 2.79. The number of nitrogens with zero attached hydrogens (tertiary/aromatic N) is 1. The maximum absolute atomic E-state index is 12.5. The van der Waals surface area contributed by atoms with Crippen molar-refractivity contribution in [2.45, 2.75) is 6.92 Å². The molecule has 0 bridgehead atoms. The zero-order valence-electron chi connectivity index (χ0n) is 12.7. The molecular weight excluding hydrogens is 262 g/mol. The van der Waals surface area contributed by atoms with E-state index in [1.165, 1.54) is 0 Å². The van der Waals surface area contributed by atoms with Gasteiger partial charge in [-0.25, -0.2) is 0 Å². The summed E-state index contributed by atoms with van der Waals surface area (Å²) in [7, 11) is 3.91. The third kappa shape index (κ3) is 3.54. The van der Waals surface area contributed by atoms with Crippen LogP contribution in [-0.2, 0) is 0 Å². The molecule has 2 aromatic carbocycles. The standard InChI is InChI=1S/C17H21N3O/c1-4-18-14-10-6-5-9-13(14)17(21)19-15-11-7-8-12-16(15)20(2)3/h5-12,18H,4H2,1-3H3,(H,19,21). The Balaban J connectivity index is 2.27. The quantitative estimate of drug-likeness (QED) is 0.883. The van der Waals surface area contributed by atoms with Crippen LogP contribution in [0.25, 0.3) is 0 Å². The van der Waals surface area contributed by atoms with Crippen molar-refractivity contribution in [2.24, 2.45) is 0 Å². The Kier molecular flexibility index (Phi) is 4.82. The topological polar surface area (TPSA) is 44.4 Å². The molecule has 4 nitrogen and oxygen atoms in total. The van der Waals surface area contributed by atoms with Crippen molar-refractivity contribution in [1.29, 1.82) is 0 Å². The van der Waals surface area contributed by atoms with E-state index in [2.05, 4.69) is 10.6 Å². The van der Waals surface area contributed by atoms with E-state index in [9.17, 15) is 4.79 Å². The van der Waals surface area contributed by atoms with Crippen LogP contribution in [0.2, 0.25) is 0 Å². The summed E-state index contributed by atoms with van der Waals surface area (Å²) in [4.78, 5) is 14.5. The predicted molar refractivity (Wildman–Crippen MR) is 89.3 cm³/mol. The number of rotatable bonds is 5. The summed E-state index contributed by atoms with van der Waals surface area (Å²) in [6, 6.07) is 15.3. The average Bonchev–Trinajstić information content (AvgIpc) is 2.48. The fraction of sp³-hybridized carbons (Fsp3) is 0.235. The zero-order chi connectivity index (χ0) is 15.2. The maximum Gasteiger partial charge on any atom is 0.257 e. The first kappa shape index (κ1) is 14.9. The van der Waals surface area contributed by atoms with Gasteiger partial charge in [0.2, 0.25) is 0 Å². The molecule has 1 amide bonds. The fourth-order valence-corrected chi connectivity index (χ4v) is 2.18. The molecule has 2 aromatic rings. The van der Waals surface area contributed by atoms with Gasteiger partial charge in [0, 0.05) is 26.3 Å². The Morgan fingerprint density at radius 1 is 1.00 bits per heavy atom. The minimum absolute atomic E-state index is 0.110. The number of hydrogen-bond donors (Lipinski definition) is 2. The van der Waals surface area contributed by atoms with E-state index >= 15 is 0 Å². The lowest BCUT2D eigenvalue weighted by atomic mass is 10.1. The molecule has 0 saturated carbocycles. The molecule has 0 saturated heterocycles. The Labute approximate surface area is 125 Å². The maximum atomic E-state index is 12.5. The molecule has 21 heavy (non-hydrogen) atoms. The third-order valence-corrected chi connectivity index (χ3v) is 3.17. The number of carbonyl (C=O) groups is 1. The first-order valence-electron chi connectivity index (χ1n) is 7.04. The highest BCUT2D eigenvalue weighted by Gasteiger charge is 2.13. The van der Waals surface area contributed by atoms with E-state index in [1.54, 1.807) is 0 Å². The second-order valence-electron chi connectivity index (χ2n) is 4.94. The zero-order valence-corrected chi connectivity index (χ0v) is 12.7. The number of nitrogens with one attached hydrogen (secondary N) is 2. The molecule has 0 aliphatic carbocycles. The molecule has 110 valence electrons. The predicted octanol–water partition coefficient (Wildman–Crippen LogP) is 3.44. The van der Waals surface area contributed by atoms with E-state index in [-0.39, 0.29) is 5.91 Å². The monoisotopic (exact) mass is 283 g/mol. The van der Waals surface area contributed by atoms with Crippen molar-refractivity contribution in [1.82, 2.24) is 0 Å². The van der Waals surface area contributed by atoms with Gasteiger partial charge in [-0.3, -0.25) is 4.79 Å². The normalized spacial score (nSPS) is 10.0. The van der Waals surface area contributed by atoms with Gasteiger partial charge in [-0.1, -0.05) is 24.3 Å². The molecule has 0 heterocycles. The van der Waals surface area contributed by atoms with Crippen molar-refractivity contribution in [3.05, 3.63) is 54.1 Å². The van der Waals surface area contributed by atoms with Gasteiger partial charge in [0.1, 0.15) is 0 Å². The minimum atomic E-state index is -0.110. The second kappa shape index (κ2) is 6.79. The number of para-hydroxylation sites is 3. The van der Waals surface area contributed by atoms with Crippen molar-refractivity contribution >= 4 is 23.0 Å². The summed E-state index contributed by atoms with van der Waals surface area (Å²) < 4.78 is 0. The summed E-state index contributed by atoms with van der Waals surface area (Å²) >= 11 is 0. The molecule has 2 rings (SSSR count). The van der Waals surface area contributed by atoms with Gasteiger partial charge in [0.05, 0.1) is 16.9 Å². The highest BCUT2D eigenvalue weighted by atomic mass is 16.1. The fourth-order valence-electron chi connectivity index (χ4n) is 2.18. The van der Waals surface area contributed by atoms with Gasteiger partial charge in [0.25, 0.3) is 5.91 Å². The average molecular weight is 283 g/mol. The van der Waals surface area contributed by atoms with Crippen molar-refractivity contribution in [3.8, 4) is 0 Å². The van der Waals surface area contributed by atoms with Crippen LogP contribution in [-0.4, -0.2) is 26.5 Å². The minimum Gasteiger partial charge on any atom is -0.385 e. The van der Waals surface area contributed by atoms with E-state index in [1.807, 2.05) is 74.4 Å². The van der Waals surface area contributed by atoms with E-state index in [0.717, 1.165) is 23.6 Å². The molecule has 0 spiro atoms. The highest BCUT2D eigenvalue weighted by molar-refractivity contribution is 6.09. The van der Waals surface area contributed by atoms with E-state index in [0.29, 0.717) is 5.56 Å². The Morgan fingerprint density at radius 2 is 1.62 bits per heavy atom. The van der Waals surface area contributed by atoms with Gasteiger partial charge < -0.3 is 15.5 Å². The molecule has 0 aliphatic heterocycles. The second-order valence-corrected chi connectivity index (χ2v) is 4.94. The molecular formula is C17H21N3O. The molecule has 0 aliphatic rings. The van der Waals surface area contributed by atoms with Gasteiger partial charge in [-0.15, -0.1) is 0 Å². The van der Waals surface area contributed by atoms with Crippen LogP contribution >= 0.6 is 0 Å². The Bertz CT molecular complexity index is 623. The molecule has 2 N–H and O–H groups in total. The summed E-state index contributed by atoms with van der Waals surface area (Å²) in [5, 5.41) is 6.20. The smallest absolute Gasteiger partial charge is 0.257 e. The van der Waals surface area contributed by atoms with Crippen LogP contribution in [0.15, 0.2) is 48.5 Å². The van der Waals surface area contributed by atoms with Crippen LogP contribution in [0.1, 0.15) is 17.3 Å². The molecule has 0 atom stereocenters. The summed E-state index contributed by atoms with van der Waals surface area (Å²) in [6.07, 6.45) is 0. The van der Waals surface area contributed by atoms with Crippen molar-refractivity contribution in [2.75, 3.05) is 36.2 Å². The van der Waals surface area contributed by atoms with Gasteiger partial charge in [0.15, 0.2) is 0 Å². The first-order valence-corrected chi connectivity index (χ1v) is 7.04. The molecule has 0 radical (unpaired) electrons.